The highest BCUT2D eigenvalue weighted by Gasteiger charge is 2.14. The summed E-state index contributed by atoms with van der Waals surface area (Å²) in [7, 11) is 0. The molecule has 0 fully saturated rings. The summed E-state index contributed by atoms with van der Waals surface area (Å²) >= 11 is 3.23. The van der Waals surface area contributed by atoms with Crippen molar-refractivity contribution in [2.24, 2.45) is 0 Å². The average molecular weight is 354 g/mol. The van der Waals surface area contributed by atoms with Crippen LogP contribution in [0.25, 0.3) is 0 Å². The predicted octanol–water partition coefficient (Wildman–Crippen LogP) is 2.12. The van der Waals surface area contributed by atoms with Crippen molar-refractivity contribution in [3.05, 3.63) is 40.1 Å². The van der Waals surface area contributed by atoms with Crippen LogP contribution in [-0.2, 0) is 9.53 Å². The molecule has 0 aliphatic heterocycles. The number of anilines is 2. The van der Waals surface area contributed by atoms with E-state index in [1.165, 1.54) is 6.07 Å². The lowest BCUT2D eigenvalue weighted by Crippen LogP contribution is -2.21. The van der Waals surface area contributed by atoms with Crippen molar-refractivity contribution in [2.45, 2.75) is 6.92 Å². The number of carbonyl (C=O) groups excluding carboxylic acids is 2. The van der Waals surface area contributed by atoms with E-state index in [-0.39, 0.29) is 17.1 Å². The smallest absolute Gasteiger partial charge is 0.340 e. The third-order valence-corrected chi connectivity index (χ3v) is 2.96. The van der Waals surface area contributed by atoms with Crippen LogP contribution in [0.3, 0.4) is 0 Å². The Morgan fingerprint density at radius 1 is 1.43 bits per heavy atom. The van der Waals surface area contributed by atoms with Gasteiger partial charge >= 0.3 is 5.97 Å². The lowest BCUT2D eigenvalue weighted by atomic mass is 10.2. The van der Waals surface area contributed by atoms with Crippen molar-refractivity contribution in [2.75, 3.05) is 17.7 Å². The van der Waals surface area contributed by atoms with Crippen molar-refractivity contribution in [3.63, 3.8) is 0 Å². The topological polar surface area (TPSA) is 107 Å². The molecule has 1 heterocycles. The van der Waals surface area contributed by atoms with Gasteiger partial charge in [-0.3, -0.25) is 4.79 Å². The van der Waals surface area contributed by atoms with Crippen LogP contribution < -0.4 is 11.1 Å². The second kappa shape index (κ2) is 6.40. The van der Waals surface area contributed by atoms with Gasteiger partial charge in [0.15, 0.2) is 12.4 Å². The summed E-state index contributed by atoms with van der Waals surface area (Å²) in [6, 6.07) is 6.34. The highest BCUT2D eigenvalue weighted by atomic mass is 79.9. The molecule has 0 aliphatic rings. The van der Waals surface area contributed by atoms with Gasteiger partial charge in [0, 0.05) is 16.2 Å². The molecular formula is C13H12BrN3O4. The van der Waals surface area contributed by atoms with E-state index in [4.69, 9.17) is 15.0 Å². The van der Waals surface area contributed by atoms with E-state index < -0.39 is 18.5 Å². The second-order valence-corrected chi connectivity index (χ2v) is 5.09. The minimum absolute atomic E-state index is 0.189. The van der Waals surface area contributed by atoms with Crippen molar-refractivity contribution in [1.29, 1.82) is 0 Å². The largest absolute Gasteiger partial charge is 0.452 e. The molecule has 0 saturated carbocycles. The number of aryl methyl sites for hydroxylation is 1. The molecule has 1 amide bonds. The van der Waals surface area contributed by atoms with Gasteiger partial charge in [-0.15, -0.1) is 0 Å². The number of nitrogens with zero attached hydrogens (tertiary/aromatic N) is 1. The number of nitrogens with one attached hydrogen (secondary N) is 1. The number of nitrogen functional groups attached to an aromatic ring is 1. The number of ether oxygens (including phenoxy) is 1. The number of esters is 1. The first-order valence-electron chi connectivity index (χ1n) is 5.91. The van der Waals surface area contributed by atoms with Gasteiger partial charge in [0.25, 0.3) is 5.91 Å². The molecule has 21 heavy (non-hydrogen) atoms. The maximum Gasteiger partial charge on any atom is 0.340 e. The number of halogens is 1. The SMILES string of the molecule is Cc1cc(NC(=O)COC(=O)c2cc(Br)ccc2N)no1. The normalized spacial score (nSPS) is 10.2. The third kappa shape index (κ3) is 4.06. The van der Waals surface area contributed by atoms with Crippen LogP contribution in [0.1, 0.15) is 16.1 Å². The Hall–Kier alpha value is -2.35. The number of aromatic nitrogens is 1. The molecule has 0 bridgehead atoms. The maximum atomic E-state index is 11.8. The van der Waals surface area contributed by atoms with Crippen LogP contribution in [-0.4, -0.2) is 23.6 Å². The molecule has 1 aromatic heterocycles. The molecule has 7 nitrogen and oxygen atoms in total. The quantitative estimate of drug-likeness (QED) is 0.643. The van der Waals surface area contributed by atoms with E-state index in [2.05, 4.69) is 26.4 Å². The lowest BCUT2D eigenvalue weighted by molar-refractivity contribution is -0.119. The van der Waals surface area contributed by atoms with Crippen LogP contribution in [0.4, 0.5) is 11.5 Å². The molecule has 0 radical (unpaired) electrons. The highest BCUT2D eigenvalue weighted by Crippen LogP contribution is 2.19. The van der Waals surface area contributed by atoms with Crippen LogP contribution in [0.2, 0.25) is 0 Å². The first-order chi connectivity index (χ1) is 9.95. The molecule has 2 aromatic rings. The fourth-order valence-electron chi connectivity index (χ4n) is 1.52. The summed E-state index contributed by atoms with van der Waals surface area (Å²) in [5.41, 5.74) is 6.14. The Labute approximate surface area is 128 Å². The third-order valence-electron chi connectivity index (χ3n) is 2.47. The van der Waals surface area contributed by atoms with Gasteiger partial charge in [0.05, 0.1) is 5.56 Å². The molecule has 1 aromatic carbocycles. The van der Waals surface area contributed by atoms with Crippen molar-refractivity contribution in [1.82, 2.24) is 5.16 Å². The van der Waals surface area contributed by atoms with Gasteiger partial charge in [0.1, 0.15) is 5.76 Å². The molecule has 0 unspecified atom stereocenters. The van der Waals surface area contributed by atoms with E-state index in [1.54, 1.807) is 25.1 Å². The van der Waals surface area contributed by atoms with E-state index >= 15 is 0 Å². The lowest BCUT2D eigenvalue weighted by Gasteiger charge is -2.07. The number of hydrogen-bond acceptors (Lipinski definition) is 6. The van der Waals surface area contributed by atoms with E-state index in [1.807, 2.05) is 0 Å². The zero-order chi connectivity index (χ0) is 15.4. The molecular weight excluding hydrogens is 342 g/mol. The summed E-state index contributed by atoms with van der Waals surface area (Å²) in [6.45, 7) is 1.25. The summed E-state index contributed by atoms with van der Waals surface area (Å²) in [5.74, 6) is -0.384. The number of nitrogens with two attached hydrogens (primary N) is 1. The zero-order valence-corrected chi connectivity index (χ0v) is 12.6. The van der Waals surface area contributed by atoms with E-state index in [9.17, 15) is 9.59 Å². The summed E-state index contributed by atoms with van der Waals surface area (Å²) in [6.07, 6.45) is 0. The van der Waals surface area contributed by atoms with Crippen molar-refractivity contribution in [3.8, 4) is 0 Å². The molecule has 8 heteroatoms. The maximum absolute atomic E-state index is 11.8. The summed E-state index contributed by atoms with van der Waals surface area (Å²) < 4.78 is 10.4. The van der Waals surface area contributed by atoms with Gasteiger partial charge in [-0.05, 0) is 25.1 Å². The summed E-state index contributed by atoms with van der Waals surface area (Å²) in [5, 5.41) is 6.03. The average Bonchev–Trinajstić information content (AvgIpc) is 2.84. The number of benzene rings is 1. The molecule has 0 saturated heterocycles. The number of amides is 1. The molecule has 2 rings (SSSR count). The van der Waals surface area contributed by atoms with E-state index in [0.29, 0.717) is 10.2 Å². The number of carbonyl (C=O) groups is 2. The van der Waals surface area contributed by atoms with Gasteiger partial charge < -0.3 is 20.3 Å². The molecule has 0 spiro atoms. The van der Waals surface area contributed by atoms with Gasteiger partial charge in [-0.25, -0.2) is 4.79 Å². The Morgan fingerprint density at radius 3 is 2.86 bits per heavy atom. The van der Waals surface area contributed by atoms with Gasteiger partial charge in [0.2, 0.25) is 0 Å². The fourth-order valence-corrected chi connectivity index (χ4v) is 1.88. The zero-order valence-electron chi connectivity index (χ0n) is 11.1. The molecule has 3 N–H and O–H groups in total. The van der Waals surface area contributed by atoms with Crippen LogP contribution >= 0.6 is 15.9 Å². The standard InChI is InChI=1S/C13H12BrN3O4/c1-7-4-11(17-21-7)16-12(18)6-20-13(19)9-5-8(14)2-3-10(9)15/h2-5H,6,15H2,1H3,(H,16,17,18). The minimum Gasteiger partial charge on any atom is -0.452 e. The van der Waals surface area contributed by atoms with E-state index in [0.717, 1.165) is 0 Å². The van der Waals surface area contributed by atoms with Gasteiger partial charge in [-0.1, -0.05) is 21.1 Å². The van der Waals surface area contributed by atoms with Gasteiger partial charge in [-0.2, -0.15) is 0 Å². The first kappa shape index (κ1) is 15.0. The second-order valence-electron chi connectivity index (χ2n) is 4.18. The Morgan fingerprint density at radius 2 is 2.19 bits per heavy atom. The minimum atomic E-state index is -0.680. The highest BCUT2D eigenvalue weighted by molar-refractivity contribution is 9.10. The fraction of sp³-hybridized carbons (Fsp3) is 0.154. The molecule has 0 aliphatic carbocycles. The summed E-state index contributed by atoms with van der Waals surface area (Å²) in [4.78, 5) is 23.4. The van der Waals surface area contributed by atoms with Crippen molar-refractivity contribution >= 4 is 39.3 Å². The number of hydrogen-bond donors (Lipinski definition) is 2. The van der Waals surface area contributed by atoms with Crippen LogP contribution in [0, 0.1) is 6.92 Å². The number of rotatable bonds is 4. The molecule has 0 atom stereocenters. The molecule has 110 valence electrons. The van der Waals surface area contributed by atoms with Crippen molar-refractivity contribution < 1.29 is 18.8 Å². The van der Waals surface area contributed by atoms with Crippen LogP contribution in [0.5, 0.6) is 0 Å². The monoisotopic (exact) mass is 353 g/mol. The first-order valence-corrected chi connectivity index (χ1v) is 6.70. The Balaban J connectivity index is 1.91. The Kier molecular flexibility index (Phi) is 4.59. The predicted molar refractivity (Wildman–Crippen MR) is 78.7 cm³/mol. The Bertz CT molecular complexity index is 684. The van der Waals surface area contributed by atoms with Crippen LogP contribution in [0.15, 0.2) is 33.3 Å².